The summed E-state index contributed by atoms with van der Waals surface area (Å²) in [5.74, 6) is 0.424. The van der Waals surface area contributed by atoms with Gasteiger partial charge in [-0.2, -0.15) is 9.72 Å². The zero-order valence-corrected chi connectivity index (χ0v) is 15.1. The van der Waals surface area contributed by atoms with E-state index in [1.807, 2.05) is 30.3 Å². The van der Waals surface area contributed by atoms with Crippen LogP contribution in [0.25, 0.3) is 0 Å². The van der Waals surface area contributed by atoms with Gasteiger partial charge in [-0.3, -0.25) is 5.32 Å². The van der Waals surface area contributed by atoms with Crippen molar-refractivity contribution in [3.63, 3.8) is 0 Å². The van der Waals surface area contributed by atoms with Crippen molar-refractivity contribution < 1.29 is 19.3 Å². The summed E-state index contributed by atoms with van der Waals surface area (Å²) in [7, 11) is 1.67. The maximum absolute atomic E-state index is 10.6. The molecular formula is C15H13N5O4S2. The fourth-order valence-corrected chi connectivity index (χ4v) is 2.93. The van der Waals surface area contributed by atoms with Gasteiger partial charge in [0.1, 0.15) is 0 Å². The second-order valence-electron chi connectivity index (χ2n) is 4.94. The van der Waals surface area contributed by atoms with Crippen molar-refractivity contribution in [3.05, 3.63) is 57.6 Å². The predicted octanol–water partition coefficient (Wildman–Crippen LogP) is 3.26. The third-order valence-corrected chi connectivity index (χ3v) is 4.08. The second kappa shape index (κ2) is 7.89. The average molecular weight is 391 g/mol. The van der Waals surface area contributed by atoms with Crippen LogP contribution in [0, 0.1) is 4.84 Å². The van der Waals surface area contributed by atoms with E-state index in [0.717, 1.165) is 16.9 Å². The number of hydrogen-bond donors (Lipinski definition) is 2. The minimum Gasteiger partial charge on any atom is -0.465 e. The Bertz CT molecular complexity index is 993. The van der Waals surface area contributed by atoms with E-state index >= 15 is 0 Å². The number of thiazole rings is 1. The SMILES string of the molecule is Cn1oc(=S)nc1C(=NOCc1csc(NC(=O)O)n1)c1ccccc1. The Morgan fingerprint density at radius 2 is 2.19 bits per heavy atom. The standard InChI is InChI=1S/C15H13N5O4S2/c1-20-12(17-15(25)24-20)11(9-5-3-2-4-6-9)19-23-7-10-8-26-13(16-10)18-14(21)22/h2-6,8H,7H2,1H3,(H,16,18)(H,21,22). The molecule has 1 aromatic carbocycles. The Morgan fingerprint density at radius 1 is 1.42 bits per heavy atom. The first kappa shape index (κ1) is 17.8. The van der Waals surface area contributed by atoms with Gasteiger partial charge in [0.05, 0.1) is 5.69 Å². The second-order valence-corrected chi connectivity index (χ2v) is 6.15. The number of carbonyl (C=O) groups is 1. The third kappa shape index (κ3) is 4.32. The summed E-state index contributed by atoms with van der Waals surface area (Å²) in [4.78, 5) is 24.4. The van der Waals surface area contributed by atoms with Crippen LogP contribution in [-0.4, -0.2) is 31.6 Å². The monoisotopic (exact) mass is 391 g/mol. The molecule has 0 radical (unpaired) electrons. The van der Waals surface area contributed by atoms with Gasteiger partial charge in [0, 0.05) is 18.0 Å². The molecule has 0 saturated carbocycles. The van der Waals surface area contributed by atoms with E-state index in [0.29, 0.717) is 17.2 Å². The van der Waals surface area contributed by atoms with E-state index in [9.17, 15) is 4.79 Å². The largest absolute Gasteiger partial charge is 0.465 e. The van der Waals surface area contributed by atoms with E-state index in [1.54, 1.807) is 12.4 Å². The molecular weight excluding hydrogens is 378 g/mol. The Kier molecular flexibility index (Phi) is 5.39. The number of carboxylic acid groups (broad SMARTS) is 1. The topological polar surface area (TPSA) is 115 Å². The van der Waals surface area contributed by atoms with Crippen LogP contribution in [0.3, 0.4) is 0 Å². The highest BCUT2D eigenvalue weighted by Gasteiger charge is 2.15. The fourth-order valence-electron chi connectivity index (χ4n) is 2.04. The van der Waals surface area contributed by atoms with E-state index in [4.69, 9.17) is 26.7 Å². The Balaban J connectivity index is 1.81. The molecule has 3 rings (SSSR count). The van der Waals surface area contributed by atoms with E-state index in [2.05, 4.69) is 20.4 Å². The van der Waals surface area contributed by atoms with Crippen molar-refractivity contribution >= 4 is 40.5 Å². The number of nitrogens with zero attached hydrogens (tertiary/aromatic N) is 4. The Hall–Kier alpha value is -3.05. The number of rotatable bonds is 6. The van der Waals surface area contributed by atoms with E-state index < -0.39 is 6.09 Å². The number of nitrogens with one attached hydrogen (secondary N) is 1. The van der Waals surface area contributed by atoms with Gasteiger partial charge in [-0.05, 0) is 12.2 Å². The predicted molar refractivity (Wildman–Crippen MR) is 96.9 cm³/mol. The van der Waals surface area contributed by atoms with Gasteiger partial charge in [0.2, 0.25) is 0 Å². The van der Waals surface area contributed by atoms with Crippen LogP contribution in [-0.2, 0) is 18.5 Å². The van der Waals surface area contributed by atoms with Crippen LogP contribution in [0.1, 0.15) is 17.1 Å². The molecule has 2 heterocycles. The number of anilines is 1. The number of aryl methyl sites for hydroxylation is 1. The fraction of sp³-hybridized carbons (Fsp3) is 0.133. The first-order valence-electron chi connectivity index (χ1n) is 7.27. The summed E-state index contributed by atoms with van der Waals surface area (Å²) in [6.45, 7) is 0.0659. The Morgan fingerprint density at radius 3 is 2.85 bits per heavy atom. The van der Waals surface area contributed by atoms with Crippen LogP contribution >= 0.6 is 23.6 Å². The van der Waals surface area contributed by atoms with Gasteiger partial charge in [-0.25, -0.2) is 9.78 Å². The zero-order valence-electron chi connectivity index (χ0n) is 13.4. The van der Waals surface area contributed by atoms with Gasteiger partial charge in [-0.1, -0.05) is 35.5 Å². The lowest BCUT2D eigenvalue weighted by Gasteiger charge is -2.05. The van der Waals surface area contributed by atoms with Gasteiger partial charge < -0.3 is 14.5 Å². The number of amides is 1. The molecule has 0 bridgehead atoms. The Labute approximate surface area is 156 Å². The lowest BCUT2D eigenvalue weighted by atomic mass is 10.1. The summed E-state index contributed by atoms with van der Waals surface area (Å²) in [5.41, 5.74) is 1.77. The molecule has 1 amide bonds. The minimum absolute atomic E-state index is 0.0659. The van der Waals surface area contributed by atoms with Crippen LogP contribution in [0.5, 0.6) is 0 Å². The first-order valence-corrected chi connectivity index (χ1v) is 8.56. The van der Waals surface area contributed by atoms with Crippen LogP contribution in [0.4, 0.5) is 9.93 Å². The molecule has 2 N–H and O–H groups in total. The summed E-state index contributed by atoms with van der Waals surface area (Å²) < 4.78 is 6.64. The van der Waals surface area contributed by atoms with Gasteiger partial charge in [-0.15, -0.1) is 11.3 Å². The molecule has 0 aliphatic heterocycles. The highest BCUT2D eigenvalue weighted by atomic mass is 32.1. The van der Waals surface area contributed by atoms with Crippen molar-refractivity contribution in [1.29, 1.82) is 0 Å². The number of benzene rings is 1. The zero-order chi connectivity index (χ0) is 18.5. The summed E-state index contributed by atoms with van der Waals surface area (Å²) in [6, 6.07) is 9.33. The average Bonchev–Trinajstić information content (AvgIpc) is 3.17. The van der Waals surface area contributed by atoms with Crippen molar-refractivity contribution in [2.24, 2.45) is 12.2 Å². The highest BCUT2D eigenvalue weighted by molar-refractivity contribution is 7.71. The van der Waals surface area contributed by atoms with Gasteiger partial charge in [0.25, 0.3) is 0 Å². The molecule has 134 valence electrons. The molecule has 26 heavy (non-hydrogen) atoms. The van der Waals surface area contributed by atoms with Crippen molar-refractivity contribution in [2.45, 2.75) is 6.61 Å². The molecule has 0 spiro atoms. The van der Waals surface area contributed by atoms with Crippen molar-refractivity contribution in [1.82, 2.24) is 14.7 Å². The molecule has 2 aromatic heterocycles. The van der Waals surface area contributed by atoms with Crippen molar-refractivity contribution in [3.8, 4) is 0 Å². The number of hydrogen-bond acceptors (Lipinski definition) is 8. The molecule has 0 atom stereocenters. The summed E-state index contributed by atoms with van der Waals surface area (Å²) >= 11 is 6.12. The molecule has 0 fully saturated rings. The normalized spacial score (nSPS) is 11.3. The molecule has 3 aromatic rings. The third-order valence-electron chi connectivity index (χ3n) is 3.10. The maximum Gasteiger partial charge on any atom is 0.410 e. The minimum atomic E-state index is -1.17. The van der Waals surface area contributed by atoms with Crippen LogP contribution < -0.4 is 5.32 Å². The maximum atomic E-state index is 10.6. The smallest absolute Gasteiger partial charge is 0.410 e. The molecule has 11 heteroatoms. The highest BCUT2D eigenvalue weighted by Crippen LogP contribution is 2.16. The van der Waals surface area contributed by atoms with E-state index in [1.165, 1.54) is 4.74 Å². The number of aromatic nitrogens is 3. The van der Waals surface area contributed by atoms with E-state index in [-0.39, 0.29) is 16.6 Å². The van der Waals surface area contributed by atoms with Crippen molar-refractivity contribution in [2.75, 3.05) is 5.32 Å². The van der Waals surface area contributed by atoms with Gasteiger partial charge in [0.15, 0.2) is 23.3 Å². The molecule has 0 aliphatic rings. The lowest BCUT2D eigenvalue weighted by Crippen LogP contribution is -2.11. The molecule has 0 saturated heterocycles. The van der Waals surface area contributed by atoms with Gasteiger partial charge >= 0.3 is 10.9 Å². The summed E-state index contributed by atoms with van der Waals surface area (Å²) in [6.07, 6.45) is -1.17. The van der Waals surface area contributed by atoms with Crippen LogP contribution in [0.15, 0.2) is 45.4 Å². The lowest BCUT2D eigenvalue weighted by molar-refractivity contribution is 0.128. The van der Waals surface area contributed by atoms with Crippen LogP contribution in [0.2, 0.25) is 0 Å². The molecule has 0 aliphatic carbocycles. The first-order chi connectivity index (χ1) is 12.5. The quantitative estimate of drug-likeness (QED) is 0.376. The number of oxime groups is 1. The summed E-state index contributed by atoms with van der Waals surface area (Å²) in [5, 5.41) is 17.0. The molecule has 9 nitrogen and oxygen atoms in total. The molecule has 0 unspecified atom stereocenters.